The van der Waals surface area contributed by atoms with Gasteiger partial charge in [0.25, 0.3) is 5.91 Å². The molecule has 8 nitrogen and oxygen atoms in total. The lowest BCUT2D eigenvalue weighted by Gasteiger charge is -2.34. The number of amides is 2. The van der Waals surface area contributed by atoms with Crippen molar-refractivity contribution in [1.29, 1.82) is 0 Å². The maximum Gasteiger partial charge on any atom is 0.251 e. The van der Waals surface area contributed by atoms with Gasteiger partial charge in [-0.15, -0.1) is 0 Å². The van der Waals surface area contributed by atoms with Gasteiger partial charge in [-0.2, -0.15) is 0 Å². The lowest BCUT2D eigenvalue weighted by atomic mass is 9.92. The van der Waals surface area contributed by atoms with Crippen LogP contribution in [0, 0.1) is 17.7 Å². The van der Waals surface area contributed by atoms with E-state index in [1.807, 2.05) is 0 Å². The van der Waals surface area contributed by atoms with Crippen molar-refractivity contribution in [3.8, 4) is 0 Å². The maximum atomic E-state index is 13.3. The van der Waals surface area contributed by atoms with Crippen LogP contribution in [0.1, 0.15) is 42.6 Å². The first-order valence-electron chi connectivity index (χ1n) is 12.9. The smallest absolute Gasteiger partial charge is 0.251 e. The lowest BCUT2D eigenvalue weighted by Crippen LogP contribution is -2.43. The number of anilines is 2. The minimum atomic E-state index is -3.75. The van der Waals surface area contributed by atoms with E-state index >= 15 is 0 Å². The number of carbonyl (C=O) groups is 2. The minimum Gasteiger partial charge on any atom is -0.371 e. The lowest BCUT2D eigenvalue weighted by molar-refractivity contribution is -0.116. The predicted molar refractivity (Wildman–Crippen MR) is 148 cm³/mol. The number of hydrogen-bond donors (Lipinski definition) is 3. The van der Waals surface area contributed by atoms with Crippen LogP contribution in [-0.2, 0) is 20.4 Å². The van der Waals surface area contributed by atoms with Crippen molar-refractivity contribution in [2.24, 2.45) is 11.8 Å². The van der Waals surface area contributed by atoms with Crippen LogP contribution < -0.4 is 16.0 Å². The van der Waals surface area contributed by atoms with E-state index in [-0.39, 0.29) is 16.5 Å². The van der Waals surface area contributed by atoms with Crippen molar-refractivity contribution in [3.05, 3.63) is 58.4 Å². The summed E-state index contributed by atoms with van der Waals surface area (Å²) in [5.74, 6) is -0.809. The Kier molecular flexibility index (Phi) is 8.95. The number of rotatable bonds is 9. The molecular formula is C27H34ClFN4O4S. The molecule has 38 heavy (non-hydrogen) atoms. The molecule has 4 rings (SSSR count). The van der Waals surface area contributed by atoms with Crippen molar-refractivity contribution in [2.75, 3.05) is 42.6 Å². The number of fused-ring (bicyclic) bond motifs is 1. The highest BCUT2D eigenvalue weighted by Crippen LogP contribution is 2.29. The molecule has 2 amide bonds. The topological polar surface area (TPSA) is 108 Å². The van der Waals surface area contributed by atoms with Crippen LogP contribution in [0.2, 0.25) is 5.02 Å². The van der Waals surface area contributed by atoms with E-state index in [1.54, 1.807) is 18.2 Å². The monoisotopic (exact) mass is 564 g/mol. The van der Waals surface area contributed by atoms with E-state index in [1.165, 1.54) is 12.5 Å². The zero-order valence-corrected chi connectivity index (χ0v) is 23.2. The number of likely N-dealkylation sites (tertiary alicyclic amines) is 1. The number of benzene rings is 2. The predicted octanol–water partition coefficient (Wildman–Crippen LogP) is 3.92. The number of hydrogen-bond acceptors (Lipinski definition) is 6. The van der Waals surface area contributed by atoms with Gasteiger partial charge in [-0.1, -0.05) is 31.5 Å². The molecule has 2 heterocycles. The van der Waals surface area contributed by atoms with Crippen LogP contribution in [0.4, 0.5) is 15.8 Å². The first kappa shape index (κ1) is 28.3. The van der Waals surface area contributed by atoms with Crippen LogP contribution in [-0.4, -0.2) is 63.1 Å². The molecule has 0 bridgehead atoms. The molecule has 3 atom stereocenters. The number of nitrogens with one attached hydrogen (secondary N) is 3. The summed E-state index contributed by atoms with van der Waals surface area (Å²) in [6.45, 7) is 8.24. The Hall–Kier alpha value is -2.69. The van der Waals surface area contributed by atoms with Gasteiger partial charge in [-0.3, -0.25) is 9.59 Å². The Morgan fingerprint density at radius 3 is 2.58 bits per heavy atom. The SMILES string of the molecule is C[C@@H]1C[C@@H](C)CN(CCCNC(=O)c2ccc3c(c2)NC(=O)[C@H](CS(=O)(=O)Cc2ccc(F)cc2Cl)N3)C1. The average molecular weight is 565 g/mol. The molecule has 2 aromatic carbocycles. The first-order chi connectivity index (χ1) is 18.0. The summed E-state index contributed by atoms with van der Waals surface area (Å²) in [5.41, 5.74) is 1.60. The van der Waals surface area contributed by atoms with E-state index in [2.05, 4.69) is 34.7 Å². The highest BCUT2D eigenvalue weighted by Gasteiger charge is 2.31. The van der Waals surface area contributed by atoms with Gasteiger partial charge in [-0.05, 0) is 67.1 Å². The molecule has 0 unspecified atom stereocenters. The molecule has 0 aromatic heterocycles. The molecule has 0 spiro atoms. The third-order valence-corrected chi connectivity index (χ3v) is 8.82. The summed E-state index contributed by atoms with van der Waals surface area (Å²) >= 11 is 5.97. The summed E-state index contributed by atoms with van der Waals surface area (Å²) in [7, 11) is -3.75. The molecular weight excluding hydrogens is 531 g/mol. The van der Waals surface area contributed by atoms with Crippen LogP contribution in [0.15, 0.2) is 36.4 Å². The van der Waals surface area contributed by atoms with Gasteiger partial charge in [-0.25, -0.2) is 12.8 Å². The molecule has 206 valence electrons. The Labute approximate surface area is 228 Å². The zero-order valence-electron chi connectivity index (χ0n) is 21.6. The Morgan fingerprint density at radius 2 is 1.87 bits per heavy atom. The number of piperidine rings is 1. The standard InChI is InChI=1S/C27H34ClFN4O4S/c1-17-10-18(2)14-33(13-17)9-3-8-30-26(34)19-5-7-23-24(11-19)32-27(35)25(31-23)16-38(36,37)15-20-4-6-21(29)12-22(20)28/h4-7,11-12,17-18,25,31H,3,8-10,13-16H2,1-2H3,(H,30,34)(H,32,35)/t17-,18-,25+/m1/s1. The number of nitrogens with zero attached hydrogens (tertiary/aromatic N) is 1. The maximum absolute atomic E-state index is 13.3. The van der Waals surface area contributed by atoms with E-state index in [4.69, 9.17) is 11.6 Å². The average Bonchev–Trinajstić information content (AvgIpc) is 2.83. The van der Waals surface area contributed by atoms with Gasteiger partial charge in [0.15, 0.2) is 9.84 Å². The largest absolute Gasteiger partial charge is 0.371 e. The quantitative estimate of drug-likeness (QED) is 0.398. The molecule has 3 N–H and O–H groups in total. The van der Waals surface area contributed by atoms with E-state index in [0.717, 1.165) is 38.2 Å². The molecule has 0 aliphatic carbocycles. The van der Waals surface area contributed by atoms with E-state index in [0.29, 0.717) is 35.3 Å². The third kappa shape index (κ3) is 7.45. The Balaban J connectivity index is 1.30. The van der Waals surface area contributed by atoms with Gasteiger partial charge < -0.3 is 20.9 Å². The second-order valence-electron chi connectivity index (χ2n) is 10.6. The first-order valence-corrected chi connectivity index (χ1v) is 15.1. The van der Waals surface area contributed by atoms with Crippen LogP contribution in [0.3, 0.4) is 0 Å². The highest BCUT2D eigenvalue weighted by molar-refractivity contribution is 7.90. The zero-order chi connectivity index (χ0) is 27.4. The fourth-order valence-electron chi connectivity index (χ4n) is 5.28. The van der Waals surface area contributed by atoms with Crippen LogP contribution in [0.25, 0.3) is 0 Å². The number of sulfone groups is 1. The normalized spacial score (nSPS) is 21.8. The van der Waals surface area contributed by atoms with E-state index in [9.17, 15) is 22.4 Å². The second kappa shape index (κ2) is 12.0. The van der Waals surface area contributed by atoms with Gasteiger partial charge in [0.05, 0.1) is 22.9 Å². The van der Waals surface area contributed by atoms with Crippen molar-refractivity contribution >= 4 is 44.6 Å². The fourth-order valence-corrected chi connectivity index (χ4v) is 7.17. The number of carbonyl (C=O) groups excluding carboxylic acids is 2. The minimum absolute atomic E-state index is 0.0153. The summed E-state index contributed by atoms with van der Waals surface area (Å²) in [6, 6.07) is 7.35. The van der Waals surface area contributed by atoms with Crippen molar-refractivity contribution in [2.45, 2.75) is 38.5 Å². The summed E-state index contributed by atoms with van der Waals surface area (Å²) in [6.07, 6.45) is 2.12. The Bertz CT molecular complexity index is 1300. The summed E-state index contributed by atoms with van der Waals surface area (Å²) < 4.78 is 38.7. The van der Waals surface area contributed by atoms with Gasteiger partial charge >= 0.3 is 0 Å². The van der Waals surface area contributed by atoms with Crippen molar-refractivity contribution < 1.29 is 22.4 Å². The molecule has 2 aliphatic heterocycles. The number of halogens is 2. The molecule has 1 saturated heterocycles. The van der Waals surface area contributed by atoms with E-state index < -0.39 is 39.1 Å². The molecule has 2 aromatic rings. The van der Waals surface area contributed by atoms with Gasteiger partial charge in [0.2, 0.25) is 5.91 Å². The van der Waals surface area contributed by atoms with Crippen LogP contribution in [0.5, 0.6) is 0 Å². The van der Waals surface area contributed by atoms with Crippen molar-refractivity contribution in [1.82, 2.24) is 10.2 Å². The fraction of sp³-hybridized carbons (Fsp3) is 0.481. The Morgan fingerprint density at radius 1 is 1.13 bits per heavy atom. The molecule has 0 saturated carbocycles. The second-order valence-corrected chi connectivity index (χ2v) is 13.1. The summed E-state index contributed by atoms with van der Waals surface area (Å²) in [4.78, 5) is 27.8. The molecule has 2 aliphatic rings. The third-order valence-electron chi connectivity index (χ3n) is 6.88. The van der Waals surface area contributed by atoms with Gasteiger partial charge in [0.1, 0.15) is 11.9 Å². The molecule has 1 fully saturated rings. The van der Waals surface area contributed by atoms with Crippen LogP contribution >= 0.6 is 11.6 Å². The van der Waals surface area contributed by atoms with Crippen molar-refractivity contribution in [3.63, 3.8) is 0 Å². The molecule has 0 radical (unpaired) electrons. The van der Waals surface area contributed by atoms with Gasteiger partial charge in [0, 0.05) is 30.2 Å². The highest BCUT2D eigenvalue weighted by atomic mass is 35.5. The summed E-state index contributed by atoms with van der Waals surface area (Å²) in [5, 5.41) is 8.61. The molecule has 11 heteroatoms.